The summed E-state index contributed by atoms with van der Waals surface area (Å²) in [5.74, 6) is -0.0608. The zero-order valence-electron chi connectivity index (χ0n) is 17.7. The van der Waals surface area contributed by atoms with Gasteiger partial charge in [0.2, 0.25) is 5.91 Å². The minimum absolute atomic E-state index is 0.0613. The number of carbonyl (C=O) groups excluding carboxylic acids is 1. The number of para-hydroxylation sites is 1. The first kappa shape index (κ1) is 22.5. The Morgan fingerprint density at radius 3 is 2.48 bits per heavy atom. The van der Waals surface area contributed by atoms with E-state index in [0.717, 1.165) is 17.3 Å². The molecular weight excluding hydrogens is 446 g/mol. The van der Waals surface area contributed by atoms with E-state index in [1.165, 1.54) is 18.2 Å². The molecule has 3 aromatic carbocycles. The van der Waals surface area contributed by atoms with E-state index in [2.05, 4.69) is 15.5 Å². The number of benzene rings is 3. The normalized spacial score (nSPS) is 10.8. The third-order valence-corrected chi connectivity index (χ3v) is 5.76. The van der Waals surface area contributed by atoms with Gasteiger partial charge in [-0.2, -0.15) is 0 Å². The van der Waals surface area contributed by atoms with E-state index >= 15 is 0 Å². The summed E-state index contributed by atoms with van der Waals surface area (Å²) in [6, 6.07) is 19.3. The average molecular weight is 467 g/mol. The minimum atomic E-state index is -0.459. The Morgan fingerprint density at radius 1 is 1.00 bits per heavy atom. The highest BCUT2D eigenvalue weighted by Gasteiger charge is 2.19. The molecule has 0 saturated carbocycles. The van der Waals surface area contributed by atoms with Crippen molar-refractivity contribution in [2.75, 3.05) is 12.9 Å². The van der Waals surface area contributed by atoms with Crippen LogP contribution in [-0.4, -0.2) is 33.5 Å². The van der Waals surface area contributed by atoms with E-state index < -0.39 is 11.6 Å². The molecule has 0 spiro atoms. The molecule has 0 saturated heterocycles. The fraction of sp³-hybridized carbons (Fsp3) is 0.125. The highest BCUT2D eigenvalue weighted by molar-refractivity contribution is 7.99. The lowest BCUT2D eigenvalue weighted by atomic mass is 10.2. The summed E-state index contributed by atoms with van der Waals surface area (Å²) in [6.07, 6.45) is 0. The maximum Gasteiger partial charge on any atom is 0.230 e. The van der Waals surface area contributed by atoms with Crippen molar-refractivity contribution in [3.63, 3.8) is 0 Å². The average Bonchev–Trinajstić information content (AvgIpc) is 3.26. The van der Waals surface area contributed by atoms with Gasteiger partial charge in [0.25, 0.3) is 0 Å². The van der Waals surface area contributed by atoms with Crippen molar-refractivity contribution in [1.29, 1.82) is 0 Å². The van der Waals surface area contributed by atoms with Crippen molar-refractivity contribution in [2.45, 2.75) is 11.7 Å². The van der Waals surface area contributed by atoms with E-state index in [9.17, 15) is 13.6 Å². The lowest BCUT2D eigenvalue weighted by Crippen LogP contribution is -2.25. The van der Waals surface area contributed by atoms with Crippen LogP contribution >= 0.6 is 11.8 Å². The lowest BCUT2D eigenvalue weighted by molar-refractivity contribution is -0.118. The largest absolute Gasteiger partial charge is 0.496 e. The zero-order chi connectivity index (χ0) is 23.2. The molecular formula is C24H20F2N4O2S. The van der Waals surface area contributed by atoms with E-state index in [4.69, 9.17) is 4.74 Å². The number of amides is 1. The van der Waals surface area contributed by atoms with Crippen LogP contribution in [0.4, 0.5) is 8.78 Å². The summed E-state index contributed by atoms with van der Waals surface area (Å²) in [7, 11) is 1.58. The van der Waals surface area contributed by atoms with Crippen LogP contribution in [0, 0.1) is 11.6 Å². The smallest absolute Gasteiger partial charge is 0.230 e. The third kappa shape index (κ3) is 5.20. The molecule has 0 unspecified atom stereocenters. The van der Waals surface area contributed by atoms with Gasteiger partial charge in [0.15, 0.2) is 11.0 Å². The molecule has 33 heavy (non-hydrogen) atoms. The van der Waals surface area contributed by atoms with E-state index in [-0.39, 0.29) is 23.0 Å². The molecule has 4 rings (SSSR count). The number of thioether (sulfide) groups is 1. The van der Waals surface area contributed by atoms with Crippen LogP contribution in [0.2, 0.25) is 0 Å². The van der Waals surface area contributed by atoms with Crippen molar-refractivity contribution in [1.82, 2.24) is 20.1 Å². The zero-order valence-corrected chi connectivity index (χ0v) is 18.5. The van der Waals surface area contributed by atoms with Crippen molar-refractivity contribution in [2.24, 2.45) is 0 Å². The Hall–Kier alpha value is -3.72. The first-order valence-electron chi connectivity index (χ1n) is 10.0. The second-order valence-corrected chi connectivity index (χ2v) is 7.92. The van der Waals surface area contributed by atoms with E-state index in [0.29, 0.717) is 23.1 Å². The maximum atomic E-state index is 14.5. The van der Waals surface area contributed by atoms with Gasteiger partial charge in [-0.3, -0.25) is 9.36 Å². The second-order valence-electron chi connectivity index (χ2n) is 6.98. The fourth-order valence-electron chi connectivity index (χ4n) is 3.23. The number of nitrogens with zero attached hydrogens (tertiary/aromatic N) is 3. The lowest BCUT2D eigenvalue weighted by Gasteiger charge is -2.11. The molecule has 1 amide bonds. The van der Waals surface area contributed by atoms with Crippen LogP contribution in [-0.2, 0) is 11.3 Å². The number of ether oxygens (including phenoxy) is 1. The van der Waals surface area contributed by atoms with Crippen molar-refractivity contribution < 1.29 is 18.3 Å². The summed E-state index contributed by atoms with van der Waals surface area (Å²) in [6.45, 7) is 0.314. The molecule has 0 bridgehead atoms. The Kier molecular flexibility index (Phi) is 6.99. The molecule has 0 aliphatic carbocycles. The molecule has 0 fully saturated rings. The number of methoxy groups -OCH3 is 1. The summed E-state index contributed by atoms with van der Waals surface area (Å²) in [5.41, 5.74) is 1.66. The van der Waals surface area contributed by atoms with Gasteiger partial charge in [-0.25, -0.2) is 8.78 Å². The van der Waals surface area contributed by atoms with Crippen LogP contribution < -0.4 is 10.1 Å². The van der Waals surface area contributed by atoms with E-state index in [1.807, 2.05) is 24.3 Å². The maximum absolute atomic E-state index is 14.5. The number of halogens is 2. The van der Waals surface area contributed by atoms with Crippen LogP contribution in [0.5, 0.6) is 5.75 Å². The van der Waals surface area contributed by atoms with Gasteiger partial charge in [0.05, 0.1) is 18.4 Å². The van der Waals surface area contributed by atoms with Gasteiger partial charge in [-0.05, 0) is 42.5 Å². The SMILES string of the molecule is COc1ccccc1CNC(=O)CSc1nnc(-c2ccccc2F)n1-c1ccc(F)cc1. The molecule has 1 heterocycles. The number of aromatic nitrogens is 3. The Morgan fingerprint density at radius 2 is 1.73 bits per heavy atom. The summed E-state index contributed by atoms with van der Waals surface area (Å²) >= 11 is 1.15. The van der Waals surface area contributed by atoms with Crippen LogP contribution in [0.1, 0.15) is 5.56 Å². The topological polar surface area (TPSA) is 69.0 Å². The molecule has 0 radical (unpaired) electrons. The van der Waals surface area contributed by atoms with Crippen LogP contribution in [0.15, 0.2) is 78.0 Å². The van der Waals surface area contributed by atoms with E-state index in [1.54, 1.807) is 42.0 Å². The molecule has 9 heteroatoms. The van der Waals surface area contributed by atoms with Crippen LogP contribution in [0.3, 0.4) is 0 Å². The molecule has 4 aromatic rings. The predicted molar refractivity (Wildman–Crippen MR) is 122 cm³/mol. The van der Waals surface area contributed by atoms with Crippen molar-refractivity contribution >= 4 is 17.7 Å². The molecule has 0 atom stereocenters. The summed E-state index contributed by atoms with van der Waals surface area (Å²) < 4.78 is 34.8. The Labute approximate surface area is 193 Å². The third-order valence-electron chi connectivity index (χ3n) is 4.83. The van der Waals surface area contributed by atoms with Gasteiger partial charge < -0.3 is 10.1 Å². The molecule has 168 valence electrons. The van der Waals surface area contributed by atoms with Crippen LogP contribution in [0.25, 0.3) is 17.1 Å². The first-order valence-corrected chi connectivity index (χ1v) is 11.0. The predicted octanol–water partition coefficient (Wildman–Crippen LogP) is 4.63. The molecule has 0 aliphatic rings. The van der Waals surface area contributed by atoms with Gasteiger partial charge in [-0.1, -0.05) is 42.1 Å². The monoisotopic (exact) mass is 466 g/mol. The van der Waals surface area contributed by atoms with Gasteiger partial charge in [0.1, 0.15) is 17.4 Å². The number of rotatable bonds is 8. The number of carbonyl (C=O) groups is 1. The highest BCUT2D eigenvalue weighted by atomic mass is 32.2. The second kappa shape index (κ2) is 10.3. The number of nitrogens with one attached hydrogen (secondary N) is 1. The van der Waals surface area contributed by atoms with Crippen molar-refractivity contribution in [3.05, 3.63) is 90.0 Å². The Balaban J connectivity index is 1.54. The summed E-state index contributed by atoms with van der Waals surface area (Å²) in [4.78, 5) is 12.5. The van der Waals surface area contributed by atoms with Gasteiger partial charge in [-0.15, -0.1) is 10.2 Å². The number of hydrogen-bond acceptors (Lipinski definition) is 5. The quantitative estimate of drug-likeness (QED) is 0.384. The van der Waals surface area contributed by atoms with Crippen molar-refractivity contribution in [3.8, 4) is 22.8 Å². The van der Waals surface area contributed by atoms with Gasteiger partial charge in [0, 0.05) is 17.8 Å². The standard InChI is InChI=1S/C24H20F2N4O2S/c1-32-21-9-5-2-6-16(21)14-27-22(31)15-33-24-29-28-23(19-7-3-4-8-20(19)26)30(24)18-12-10-17(25)11-13-18/h2-13H,14-15H2,1H3,(H,27,31). The molecule has 1 N–H and O–H groups in total. The molecule has 0 aliphatic heterocycles. The highest BCUT2D eigenvalue weighted by Crippen LogP contribution is 2.29. The molecule has 6 nitrogen and oxygen atoms in total. The minimum Gasteiger partial charge on any atom is -0.496 e. The Bertz CT molecular complexity index is 1260. The summed E-state index contributed by atoms with van der Waals surface area (Å²) in [5, 5.41) is 11.5. The molecule has 1 aromatic heterocycles. The fourth-order valence-corrected chi connectivity index (χ4v) is 4.01. The number of hydrogen-bond donors (Lipinski definition) is 1. The first-order chi connectivity index (χ1) is 16.1. The van der Waals surface area contributed by atoms with Gasteiger partial charge >= 0.3 is 0 Å².